The number of amides is 1. The zero-order valence-electron chi connectivity index (χ0n) is 13.7. The Balaban J connectivity index is 2.12. The molecule has 1 aromatic carbocycles. The van der Waals surface area contributed by atoms with Crippen molar-refractivity contribution in [3.63, 3.8) is 0 Å². The Labute approximate surface area is 152 Å². The maximum atomic E-state index is 12.6. The molecular weight excluding hydrogens is 366 g/mol. The van der Waals surface area contributed by atoms with Gasteiger partial charge in [0.15, 0.2) is 4.91 Å². The third-order valence-corrected chi connectivity index (χ3v) is 5.58. The normalized spacial score (nSPS) is 15.6. The van der Waals surface area contributed by atoms with Crippen molar-refractivity contribution >= 4 is 27.5 Å². The van der Waals surface area contributed by atoms with Gasteiger partial charge in [-0.1, -0.05) is 11.6 Å². The fourth-order valence-corrected chi connectivity index (χ4v) is 3.60. The Kier molecular flexibility index (Phi) is 6.28. The van der Waals surface area contributed by atoms with E-state index in [0.29, 0.717) is 37.8 Å². The molecule has 0 N–H and O–H groups in total. The fourth-order valence-electron chi connectivity index (χ4n) is 2.31. The minimum atomic E-state index is -3.91. The van der Waals surface area contributed by atoms with E-state index in [9.17, 15) is 18.5 Å². The monoisotopic (exact) mass is 383 g/mol. The van der Waals surface area contributed by atoms with Gasteiger partial charge in [0.1, 0.15) is 6.07 Å². The van der Waals surface area contributed by atoms with Crippen molar-refractivity contribution < 1.29 is 17.9 Å². The zero-order valence-corrected chi connectivity index (χ0v) is 15.3. The number of carbonyl (C=O) groups excluding carboxylic acids is 1. The predicted octanol–water partition coefficient (Wildman–Crippen LogP) is 2.25. The standard InChI is InChI=1S/C16H18ClN3O4S/c1-2-24-16(21)20-9-7-19(8-10-20)12-15(11-18)25(22,23)14-5-3-13(17)4-6-14/h3-6,12H,2,7-10H2,1H3/b15-12-. The number of nitrogens with zero attached hydrogens (tertiary/aromatic N) is 3. The summed E-state index contributed by atoms with van der Waals surface area (Å²) >= 11 is 5.77. The molecular formula is C16H18ClN3O4S. The van der Waals surface area contributed by atoms with Crippen LogP contribution < -0.4 is 0 Å². The van der Waals surface area contributed by atoms with Crippen molar-refractivity contribution in [3.8, 4) is 6.07 Å². The Bertz CT molecular complexity index is 792. The van der Waals surface area contributed by atoms with Gasteiger partial charge in [-0.25, -0.2) is 13.2 Å². The quantitative estimate of drug-likeness (QED) is 0.740. The third-order valence-electron chi connectivity index (χ3n) is 3.66. The summed E-state index contributed by atoms with van der Waals surface area (Å²) < 4.78 is 30.1. The van der Waals surface area contributed by atoms with E-state index in [1.807, 2.05) is 0 Å². The summed E-state index contributed by atoms with van der Waals surface area (Å²) in [6.45, 7) is 3.67. The number of sulfone groups is 1. The van der Waals surface area contributed by atoms with Crippen LogP contribution in [0.5, 0.6) is 0 Å². The van der Waals surface area contributed by atoms with E-state index in [0.717, 1.165) is 0 Å². The number of carbonyl (C=O) groups is 1. The molecule has 0 saturated carbocycles. The lowest BCUT2D eigenvalue weighted by Gasteiger charge is -2.33. The largest absolute Gasteiger partial charge is 0.450 e. The van der Waals surface area contributed by atoms with Crippen LogP contribution in [0.4, 0.5) is 4.79 Å². The minimum absolute atomic E-state index is 0.00913. The van der Waals surface area contributed by atoms with E-state index in [1.165, 1.54) is 30.5 Å². The summed E-state index contributed by atoms with van der Waals surface area (Å²) in [5.74, 6) is 0. The van der Waals surface area contributed by atoms with Crippen LogP contribution in [0, 0.1) is 11.3 Å². The van der Waals surface area contributed by atoms with E-state index >= 15 is 0 Å². The highest BCUT2D eigenvalue weighted by Gasteiger charge is 2.25. The predicted molar refractivity (Wildman–Crippen MR) is 92.5 cm³/mol. The number of allylic oxidation sites excluding steroid dienone is 1. The van der Waals surface area contributed by atoms with Crippen LogP contribution in [0.3, 0.4) is 0 Å². The molecule has 0 aromatic heterocycles. The van der Waals surface area contributed by atoms with Gasteiger partial charge >= 0.3 is 6.09 Å². The second-order valence-electron chi connectivity index (χ2n) is 5.28. The van der Waals surface area contributed by atoms with Crippen molar-refractivity contribution in [1.82, 2.24) is 9.80 Å². The Morgan fingerprint density at radius 3 is 2.40 bits per heavy atom. The van der Waals surface area contributed by atoms with Gasteiger partial charge in [-0.15, -0.1) is 0 Å². The van der Waals surface area contributed by atoms with Crippen molar-refractivity contribution in [1.29, 1.82) is 5.26 Å². The number of rotatable bonds is 4. The van der Waals surface area contributed by atoms with E-state index in [2.05, 4.69) is 0 Å². The molecule has 1 aliphatic heterocycles. The maximum absolute atomic E-state index is 12.6. The van der Waals surface area contributed by atoms with Crippen molar-refractivity contribution in [2.24, 2.45) is 0 Å². The van der Waals surface area contributed by atoms with Crippen LogP contribution in [0.1, 0.15) is 6.92 Å². The first kappa shape index (κ1) is 19.1. The van der Waals surface area contributed by atoms with E-state index in [4.69, 9.17) is 16.3 Å². The smallest absolute Gasteiger partial charge is 0.409 e. The van der Waals surface area contributed by atoms with E-state index in [-0.39, 0.29) is 15.9 Å². The highest BCUT2D eigenvalue weighted by molar-refractivity contribution is 7.95. The molecule has 1 fully saturated rings. The lowest BCUT2D eigenvalue weighted by atomic mass is 10.3. The second kappa shape index (κ2) is 8.23. The number of halogens is 1. The van der Waals surface area contributed by atoms with Gasteiger partial charge in [0.05, 0.1) is 11.5 Å². The molecule has 1 amide bonds. The molecule has 1 aromatic rings. The fraction of sp³-hybridized carbons (Fsp3) is 0.375. The molecule has 9 heteroatoms. The first-order chi connectivity index (χ1) is 11.9. The summed E-state index contributed by atoms with van der Waals surface area (Å²) in [5, 5.41) is 9.70. The molecule has 7 nitrogen and oxygen atoms in total. The van der Waals surface area contributed by atoms with Gasteiger partial charge in [-0.05, 0) is 31.2 Å². The van der Waals surface area contributed by atoms with Gasteiger partial charge in [0.2, 0.25) is 9.84 Å². The van der Waals surface area contributed by atoms with Gasteiger partial charge in [-0.3, -0.25) is 0 Å². The molecule has 0 atom stereocenters. The summed E-state index contributed by atoms with van der Waals surface area (Å²) in [6, 6.07) is 7.40. The first-order valence-electron chi connectivity index (χ1n) is 7.66. The summed E-state index contributed by atoms with van der Waals surface area (Å²) in [6.07, 6.45) is 0.937. The van der Waals surface area contributed by atoms with Crippen LogP contribution >= 0.6 is 11.6 Å². The minimum Gasteiger partial charge on any atom is -0.450 e. The van der Waals surface area contributed by atoms with Crippen LogP contribution in [0.2, 0.25) is 5.02 Å². The number of hydrogen-bond donors (Lipinski definition) is 0. The molecule has 25 heavy (non-hydrogen) atoms. The highest BCUT2D eigenvalue weighted by Crippen LogP contribution is 2.21. The Morgan fingerprint density at radius 2 is 1.88 bits per heavy atom. The van der Waals surface area contributed by atoms with Gasteiger partial charge in [0, 0.05) is 37.4 Å². The average molecular weight is 384 g/mol. The first-order valence-corrected chi connectivity index (χ1v) is 9.53. The van der Waals surface area contributed by atoms with E-state index < -0.39 is 9.84 Å². The number of hydrogen-bond acceptors (Lipinski definition) is 6. The molecule has 0 bridgehead atoms. The van der Waals surface area contributed by atoms with Crippen LogP contribution in [0.15, 0.2) is 40.3 Å². The number of nitriles is 1. The topological polar surface area (TPSA) is 90.7 Å². The van der Waals surface area contributed by atoms with Crippen LogP contribution in [-0.4, -0.2) is 57.1 Å². The number of benzene rings is 1. The van der Waals surface area contributed by atoms with Crippen molar-refractivity contribution in [2.45, 2.75) is 11.8 Å². The highest BCUT2D eigenvalue weighted by atomic mass is 35.5. The second-order valence-corrected chi connectivity index (χ2v) is 7.64. The van der Waals surface area contributed by atoms with Crippen LogP contribution in [0.25, 0.3) is 0 Å². The summed E-state index contributed by atoms with van der Waals surface area (Å²) in [7, 11) is -3.91. The van der Waals surface area contributed by atoms with Crippen molar-refractivity contribution in [2.75, 3.05) is 32.8 Å². The lowest BCUT2D eigenvalue weighted by Crippen LogP contribution is -2.47. The Hall–Kier alpha value is -2.24. The summed E-state index contributed by atoms with van der Waals surface area (Å²) in [5.41, 5.74) is 0. The van der Waals surface area contributed by atoms with Gasteiger partial charge < -0.3 is 14.5 Å². The van der Waals surface area contributed by atoms with E-state index in [1.54, 1.807) is 22.8 Å². The SMILES string of the molecule is CCOC(=O)N1CCN(/C=C(/C#N)S(=O)(=O)c2ccc(Cl)cc2)CC1. The molecule has 0 aliphatic carbocycles. The Morgan fingerprint density at radius 1 is 1.28 bits per heavy atom. The molecule has 1 heterocycles. The van der Waals surface area contributed by atoms with Gasteiger partial charge in [-0.2, -0.15) is 5.26 Å². The molecule has 134 valence electrons. The van der Waals surface area contributed by atoms with Crippen LogP contribution in [-0.2, 0) is 14.6 Å². The van der Waals surface area contributed by atoms with Gasteiger partial charge in [0.25, 0.3) is 0 Å². The summed E-state index contributed by atoms with van der Waals surface area (Å²) in [4.78, 5) is 14.6. The average Bonchev–Trinajstić information content (AvgIpc) is 2.60. The molecule has 2 rings (SSSR count). The molecule has 1 aliphatic rings. The molecule has 0 spiro atoms. The number of piperazine rings is 1. The van der Waals surface area contributed by atoms with Crippen molar-refractivity contribution in [3.05, 3.63) is 40.4 Å². The number of ether oxygens (including phenoxy) is 1. The molecule has 0 radical (unpaired) electrons. The molecule has 1 saturated heterocycles. The third kappa shape index (κ3) is 4.65. The molecule has 0 unspecified atom stereocenters. The lowest BCUT2D eigenvalue weighted by molar-refractivity contribution is 0.0890. The maximum Gasteiger partial charge on any atom is 0.409 e. The zero-order chi connectivity index (χ0) is 18.4.